The molecule has 1 aliphatic rings. The fourth-order valence-corrected chi connectivity index (χ4v) is 2.96. The number of carbonyl (C=O) groups excluding carboxylic acids is 2. The average molecular weight is 368 g/mol. The lowest BCUT2D eigenvalue weighted by atomic mass is 9.95. The first-order chi connectivity index (χ1) is 13.0. The molecule has 0 aliphatic carbocycles. The zero-order valence-electron chi connectivity index (χ0n) is 15.5. The highest BCUT2D eigenvalue weighted by atomic mass is 16.6. The minimum atomic E-state index is -0.272. The van der Waals surface area contributed by atoms with Crippen LogP contribution in [0.1, 0.15) is 35.8 Å². The molecular formula is C21H24N2O4. The van der Waals surface area contributed by atoms with Gasteiger partial charge in [0, 0.05) is 5.56 Å². The normalized spacial score (nSPS) is 13.7. The van der Waals surface area contributed by atoms with Gasteiger partial charge in [-0.25, -0.2) is 0 Å². The summed E-state index contributed by atoms with van der Waals surface area (Å²) in [4.78, 5) is 24.5. The van der Waals surface area contributed by atoms with Crippen LogP contribution in [0.25, 0.3) is 0 Å². The molecule has 0 bridgehead atoms. The van der Waals surface area contributed by atoms with E-state index >= 15 is 0 Å². The maximum atomic E-state index is 12.4. The van der Waals surface area contributed by atoms with Gasteiger partial charge in [0.1, 0.15) is 13.2 Å². The number of rotatable bonds is 6. The van der Waals surface area contributed by atoms with E-state index in [2.05, 4.69) is 10.6 Å². The Bertz CT molecular complexity index is 805. The van der Waals surface area contributed by atoms with Gasteiger partial charge in [-0.05, 0) is 35.7 Å². The summed E-state index contributed by atoms with van der Waals surface area (Å²) in [5.41, 5.74) is 1.47. The van der Waals surface area contributed by atoms with Crippen LogP contribution >= 0.6 is 0 Å². The van der Waals surface area contributed by atoms with Crippen molar-refractivity contribution in [2.75, 3.05) is 19.8 Å². The van der Waals surface area contributed by atoms with Crippen molar-refractivity contribution in [3.8, 4) is 11.5 Å². The molecule has 2 aromatic carbocycles. The van der Waals surface area contributed by atoms with Gasteiger partial charge in [0.2, 0.25) is 5.91 Å². The molecule has 3 rings (SSSR count). The van der Waals surface area contributed by atoms with Crippen molar-refractivity contribution < 1.29 is 19.1 Å². The van der Waals surface area contributed by atoms with Crippen LogP contribution in [0.5, 0.6) is 11.5 Å². The van der Waals surface area contributed by atoms with Crippen LogP contribution in [0.4, 0.5) is 0 Å². The Kier molecular flexibility index (Phi) is 5.96. The monoisotopic (exact) mass is 368 g/mol. The highest BCUT2D eigenvalue weighted by molar-refractivity contribution is 5.96. The van der Waals surface area contributed by atoms with Crippen molar-refractivity contribution in [3.63, 3.8) is 0 Å². The molecule has 1 aliphatic heterocycles. The molecule has 27 heavy (non-hydrogen) atoms. The molecule has 1 unspecified atom stereocenters. The van der Waals surface area contributed by atoms with Gasteiger partial charge in [0.25, 0.3) is 5.91 Å². The quantitative estimate of drug-likeness (QED) is 0.822. The van der Waals surface area contributed by atoms with E-state index in [0.717, 1.165) is 5.56 Å². The Balaban J connectivity index is 1.62. The van der Waals surface area contributed by atoms with Gasteiger partial charge in [0.05, 0.1) is 12.6 Å². The first-order valence-corrected chi connectivity index (χ1v) is 9.07. The zero-order valence-corrected chi connectivity index (χ0v) is 15.5. The lowest BCUT2D eigenvalue weighted by Gasteiger charge is -2.25. The summed E-state index contributed by atoms with van der Waals surface area (Å²) in [5, 5.41) is 5.65. The number of ether oxygens (including phenoxy) is 2. The second kappa shape index (κ2) is 8.58. The third-order valence-corrected chi connectivity index (χ3v) is 4.35. The molecule has 0 saturated carbocycles. The van der Waals surface area contributed by atoms with E-state index in [1.807, 2.05) is 38.1 Å². The summed E-state index contributed by atoms with van der Waals surface area (Å²) < 4.78 is 11.2. The summed E-state index contributed by atoms with van der Waals surface area (Å²) in [6.07, 6.45) is 0. The van der Waals surface area contributed by atoms with Crippen LogP contribution < -0.4 is 20.1 Å². The van der Waals surface area contributed by atoms with Crippen LogP contribution in [-0.2, 0) is 4.79 Å². The summed E-state index contributed by atoms with van der Waals surface area (Å²) in [7, 11) is 0. The minimum absolute atomic E-state index is 0.0818. The number of fused-ring (bicyclic) bond motifs is 1. The van der Waals surface area contributed by atoms with Gasteiger partial charge in [-0.15, -0.1) is 0 Å². The highest BCUT2D eigenvalue weighted by Gasteiger charge is 2.21. The molecule has 0 radical (unpaired) electrons. The third kappa shape index (κ3) is 4.78. The van der Waals surface area contributed by atoms with Crippen LogP contribution in [0, 0.1) is 5.92 Å². The van der Waals surface area contributed by atoms with Gasteiger partial charge < -0.3 is 20.1 Å². The first-order valence-electron chi connectivity index (χ1n) is 9.07. The van der Waals surface area contributed by atoms with Crippen LogP contribution in [0.15, 0.2) is 48.5 Å². The molecule has 0 spiro atoms. The zero-order chi connectivity index (χ0) is 19.2. The maximum Gasteiger partial charge on any atom is 0.251 e. The number of carbonyl (C=O) groups is 2. The topological polar surface area (TPSA) is 76.7 Å². The number of hydrogen-bond donors (Lipinski definition) is 2. The average Bonchev–Trinajstić information content (AvgIpc) is 2.70. The van der Waals surface area contributed by atoms with Crippen molar-refractivity contribution in [3.05, 3.63) is 59.7 Å². The minimum Gasteiger partial charge on any atom is -0.486 e. The van der Waals surface area contributed by atoms with E-state index in [1.54, 1.807) is 24.3 Å². The largest absolute Gasteiger partial charge is 0.486 e. The number of benzene rings is 2. The lowest BCUT2D eigenvalue weighted by Crippen LogP contribution is -2.40. The molecule has 6 nitrogen and oxygen atoms in total. The van der Waals surface area contributed by atoms with E-state index in [4.69, 9.17) is 9.47 Å². The maximum absolute atomic E-state index is 12.4. The molecule has 0 fully saturated rings. The van der Waals surface area contributed by atoms with E-state index in [0.29, 0.717) is 30.3 Å². The Labute approximate surface area is 158 Å². The fraction of sp³-hybridized carbons (Fsp3) is 0.333. The molecule has 2 N–H and O–H groups in total. The van der Waals surface area contributed by atoms with Crippen molar-refractivity contribution in [2.45, 2.75) is 19.9 Å². The molecular weight excluding hydrogens is 344 g/mol. The predicted molar refractivity (Wildman–Crippen MR) is 102 cm³/mol. The predicted octanol–water partition coefficient (Wildman–Crippen LogP) is 2.70. The van der Waals surface area contributed by atoms with Crippen LogP contribution in [0.3, 0.4) is 0 Å². The SMILES string of the molecule is CC(C)C(NC(=O)CNC(=O)c1ccccc1)c1ccc2c(c1)OCCO2. The number of hydrogen-bond acceptors (Lipinski definition) is 4. The Morgan fingerprint density at radius 2 is 1.70 bits per heavy atom. The number of amides is 2. The fourth-order valence-electron chi connectivity index (χ4n) is 2.96. The summed E-state index contributed by atoms with van der Waals surface area (Å²) in [6, 6.07) is 14.3. The molecule has 2 amide bonds. The van der Waals surface area contributed by atoms with E-state index in [1.165, 1.54) is 0 Å². The van der Waals surface area contributed by atoms with Crippen molar-refractivity contribution >= 4 is 11.8 Å². The molecule has 2 aromatic rings. The van der Waals surface area contributed by atoms with E-state index in [9.17, 15) is 9.59 Å². The highest BCUT2D eigenvalue weighted by Crippen LogP contribution is 2.34. The molecule has 0 aromatic heterocycles. The van der Waals surface area contributed by atoms with Gasteiger partial charge in [-0.2, -0.15) is 0 Å². The Morgan fingerprint density at radius 1 is 1.00 bits per heavy atom. The van der Waals surface area contributed by atoms with Crippen molar-refractivity contribution in [1.29, 1.82) is 0 Å². The molecule has 1 heterocycles. The second-order valence-electron chi connectivity index (χ2n) is 6.74. The van der Waals surface area contributed by atoms with E-state index < -0.39 is 0 Å². The summed E-state index contributed by atoms with van der Waals surface area (Å²) >= 11 is 0. The second-order valence-corrected chi connectivity index (χ2v) is 6.74. The Morgan fingerprint density at radius 3 is 2.41 bits per heavy atom. The molecule has 6 heteroatoms. The Hall–Kier alpha value is -3.02. The lowest BCUT2D eigenvalue weighted by molar-refractivity contribution is -0.121. The van der Waals surface area contributed by atoms with Crippen LogP contribution in [0.2, 0.25) is 0 Å². The van der Waals surface area contributed by atoms with Gasteiger partial charge in [-0.1, -0.05) is 38.1 Å². The summed E-state index contributed by atoms with van der Waals surface area (Å²) in [6.45, 7) is 5.04. The van der Waals surface area contributed by atoms with Crippen molar-refractivity contribution in [1.82, 2.24) is 10.6 Å². The van der Waals surface area contributed by atoms with Gasteiger partial charge in [-0.3, -0.25) is 9.59 Å². The smallest absolute Gasteiger partial charge is 0.251 e. The molecule has 142 valence electrons. The first kappa shape index (κ1) is 18.8. The molecule has 1 atom stereocenters. The number of nitrogens with one attached hydrogen (secondary N) is 2. The van der Waals surface area contributed by atoms with Crippen molar-refractivity contribution in [2.24, 2.45) is 5.92 Å². The summed E-state index contributed by atoms with van der Waals surface area (Å²) in [5.74, 6) is 1.06. The van der Waals surface area contributed by atoms with Gasteiger partial charge >= 0.3 is 0 Å². The third-order valence-electron chi connectivity index (χ3n) is 4.35. The van der Waals surface area contributed by atoms with E-state index in [-0.39, 0.29) is 30.3 Å². The standard InChI is InChI=1S/C21H24N2O4/c1-14(2)20(16-8-9-17-18(12-16)27-11-10-26-17)23-19(24)13-22-21(25)15-6-4-3-5-7-15/h3-9,12,14,20H,10-11,13H2,1-2H3,(H,22,25)(H,23,24). The molecule has 0 saturated heterocycles. The van der Waals surface area contributed by atoms with Crippen LogP contribution in [-0.4, -0.2) is 31.6 Å². The van der Waals surface area contributed by atoms with Gasteiger partial charge in [0.15, 0.2) is 11.5 Å².